The molecule has 2 unspecified atom stereocenters. The van der Waals surface area contributed by atoms with Crippen molar-refractivity contribution in [2.75, 3.05) is 0 Å². The molecule has 0 aliphatic heterocycles. The molecule has 0 heterocycles. The van der Waals surface area contributed by atoms with Gasteiger partial charge >= 0.3 is 0 Å². The van der Waals surface area contributed by atoms with E-state index < -0.39 is 4.92 Å². The van der Waals surface area contributed by atoms with Gasteiger partial charge in [-0.05, 0) is 25.3 Å². The number of benzene rings is 1. The zero-order valence-electron chi connectivity index (χ0n) is 9.54. The zero-order chi connectivity index (χ0) is 12.3. The molecule has 92 valence electrons. The molecule has 1 aromatic carbocycles. The maximum absolute atomic E-state index is 10.6. The largest absolute Gasteiger partial charge is 0.489 e. The molecule has 0 spiro atoms. The minimum Gasteiger partial charge on any atom is -0.489 e. The van der Waals surface area contributed by atoms with Crippen LogP contribution in [-0.4, -0.2) is 17.1 Å². The van der Waals surface area contributed by atoms with Crippen LogP contribution in [0.4, 0.5) is 5.69 Å². The SMILES string of the molecule is NC1CCCCC1Oc1cccc([N+](=O)[O-])c1. The van der Waals surface area contributed by atoms with Gasteiger partial charge in [-0.2, -0.15) is 0 Å². The Kier molecular flexibility index (Phi) is 3.58. The lowest BCUT2D eigenvalue weighted by Gasteiger charge is -2.28. The summed E-state index contributed by atoms with van der Waals surface area (Å²) < 4.78 is 5.73. The van der Waals surface area contributed by atoms with Crippen molar-refractivity contribution in [3.63, 3.8) is 0 Å². The summed E-state index contributed by atoms with van der Waals surface area (Å²) in [5, 5.41) is 10.6. The number of non-ortho nitro benzene ring substituents is 1. The lowest BCUT2D eigenvalue weighted by Crippen LogP contribution is -2.41. The van der Waals surface area contributed by atoms with E-state index in [0.717, 1.165) is 25.7 Å². The van der Waals surface area contributed by atoms with E-state index in [1.54, 1.807) is 12.1 Å². The zero-order valence-corrected chi connectivity index (χ0v) is 9.54. The van der Waals surface area contributed by atoms with Gasteiger partial charge in [-0.3, -0.25) is 10.1 Å². The normalized spacial score (nSPS) is 24.3. The van der Waals surface area contributed by atoms with Crippen LogP contribution in [0.1, 0.15) is 25.7 Å². The fourth-order valence-corrected chi connectivity index (χ4v) is 2.12. The van der Waals surface area contributed by atoms with E-state index in [1.165, 1.54) is 12.1 Å². The predicted octanol–water partition coefficient (Wildman–Crippen LogP) is 2.24. The minimum atomic E-state index is -0.423. The Morgan fingerprint density at radius 1 is 1.35 bits per heavy atom. The van der Waals surface area contributed by atoms with Gasteiger partial charge in [-0.1, -0.05) is 12.5 Å². The summed E-state index contributed by atoms with van der Waals surface area (Å²) >= 11 is 0. The second kappa shape index (κ2) is 5.14. The number of nitrogens with two attached hydrogens (primary N) is 1. The molecule has 0 radical (unpaired) electrons. The first-order valence-electron chi connectivity index (χ1n) is 5.83. The topological polar surface area (TPSA) is 78.4 Å². The van der Waals surface area contributed by atoms with Crippen molar-refractivity contribution < 1.29 is 9.66 Å². The molecule has 5 heteroatoms. The van der Waals surface area contributed by atoms with Crippen LogP contribution in [0.25, 0.3) is 0 Å². The van der Waals surface area contributed by atoms with E-state index >= 15 is 0 Å². The van der Waals surface area contributed by atoms with Gasteiger partial charge in [-0.15, -0.1) is 0 Å². The number of nitro groups is 1. The summed E-state index contributed by atoms with van der Waals surface area (Å²) in [7, 11) is 0. The summed E-state index contributed by atoms with van der Waals surface area (Å²) in [6, 6.07) is 6.29. The van der Waals surface area contributed by atoms with Crippen LogP contribution in [0.5, 0.6) is 5.75 Å². The standard InChI is InChI=1S/C12H16N2O3/c13-11-6-1-2-7-12(11)17-10-5-3-4-9(8-10)14(15)16/h3-5,8,11-12H,1-2,6-7,13H2. The highest BCUT2D eigenvalue weighted by Gasteiger charge is 2.23. The van der Waals surface area contributed by atoms with Crippen LogP contribution in [0.3, 0.4) is 0 Å². The molecule has 2 rings (SSSR count). The number of rotatable bonds is 3. The lowest BCUT2D eigenvalue weighted by molar-refractivity contribution is -0.385. The highest BCUT2D eigenvalue weighted by Crippen LogP contribution is 2.25. The van der Waals surface area contributed by atoms with Gasteiger partial charge in [0.1, 0.15) is 11.9 Å². The molecule has 2 N–H and O–H groups in total. The highest BCUT2D eigenvalue weighted by molar-refractivity contribution is 5.38. The van der Waals surface area contributed by atoms with Crippen LogP contribution in [0, 0.1) is 10.1 Å². The summed E-state index contributed by atoms with van der Waals surface area (Å²) in [6.07, 6.45) is 4.10. The van der Waals surface area contributed by atoms with Crippen LogP contribution in [-0.2, 0) is 0 Å². The molecule has 1 aliphatic carbocycles. The fourth-order valence-electron chi connectivity index (χ4n) is 2.12. The molecule has 2 atom stereocenters. The summed E-state index contributed by atoms with van der Waals surface area (Å²) in [5.74, 6) is 0.529. The van der Waals surface area contributed by atoms with Crippen molar-refractivity contribution >= 4 is 5.69 Å². The summed E-state index contributed by atoms with van der Waals surface area (Å²) in [5.41, 5.74) is 6.01. The van der Waals surface area contributed by atoms with Gasteiger partial charge in [0.15, 0.2) is 0 Å². The van der Waals surface area contributed by atoms with Gasteiger partial charge < -0.3 is 10.5 Å². The average Bonchev–Trinajstić information content (AvgIpc) is 2.32. The van der Waals surface area contributed by atoms with Gasteiger partial charge in [0.05, 0.1) is 11.0 Å². The molecule has 0 amide bonds. The summed E-state index contributed by atoms with van der Waals surface area (Å²) in [6.45, 7) is 0. The van der Waals surface area contributed by atoms with Crippen molar-refractivity contribution in [1.29, 1.82) is 0 Å². The van der Waals surface area contributed by atoms with Crippen molar-refractivity contribution in [3.8, 4) is 5.75 Å². The lowest BCUT2D eigenvalue weighted by atomic mass is 9.93. The van der Waals surface area contributed by atoms with Crippen molar-refractivity contribution in [1.82, 2.24) is 0 Å². The van der Waals surface area contributed by atoms with E-state index in [2.05, 4.69) is 0 Å². The number of nitrogens with zero attached hydrogens (tertiary/aromatic N) is 1. The van der Waals surface area contributed by atoms with Gasteiger partial charge in [-0.25, -0.2) is 0 Å². The molecule has 0 bridgehead atoms. The van der Waals surface area contributed by atoms with Gasteiger partial charge in [0.2, 0.25) is 0 Å². The Morgan fingerprint density at radius 2 is 2.12 bits per heavy atom. The van der Waals surface area contributed by atoms with Crippen LogP contribution < -0.4 is 10.5 Å². The number of hydrogen-bond donors (Lipinski definition) is 1. The first-order valence-corrected chi connectivity index (χ1v) is 5.83. The van der Waals surface area contributed by atoms with Crippen molar-refractivity contribution in [3.05, 3.63) is 34.4 Å². The molecule has 1 aliphatic rings. The molecule has 0 aromatic heterocycles. The van der Waals surface area contributed by atoms with Crippen LogP contribution >= 0.6 is 0 Å². The van der Waals surface area contributed by atoms with Crippen LogP contribution in [0.15, 0.2) is 24.3 Å². The third-order valence-electron chi connectivity index (χ3n) is 3.07. The second-order valence-corrected chi connectivity index (χ2v) is 4.36. The number of nitro benzene ring substituents is 1. The number of hydrogen-bond acceptors (Lipinski definition) is 4. The Bertz CT molecular complexity index is 408. The Morgan fingerprint density at radius 3 is 2.82 bits per heavy atom. The Labute approximate surface area is 99.7 Å². The molecule has 1 saturated carbocycles. The molecular formula is C12H16N2O3. The second-order valence-electron chi connectivity index (χ2n) is 4.36. The minimum absolute atomic E-state index is 0.0224. The smallest absolute Gasteiger partial charge is 0.273 e. The maximum Gasteiger partial charge on any atom is 0.273 e. The van der Waals surface area contributed by atoms with E-state index in [-0.39, 0.29) is 17.8 Å². The van der Waals surface area contributed by atoms with E-state index in [0.29, 0.717) is 5.75 Å². The summed E-state index contributed by atoms with van der Waals surface area (Å²) in [4.78, 5) is 10.2. The average molecular weight is 236 g/mol. The number of ether oxygens (including phenoxy) is 1. The maximum atomic E-state index is 10.6. The third kappa shape index (κ3) is 2.94. The first kappa shape index (κ1) is 11.9. The Balaban J connectivity index is 2.07. The molecule has 17 heavy (non-hydrogen) atoms. The fraction of sp³-hybridized carbons (Fsp3) is 0.500. The van der Waals surface area contributed by atoms with Crippen molar-refractivity contribution in [2.24, 2.45) is 5.73 Å². The van der Waals surface area contributed by atoms with Crippen molar-refractivity contribution in [2.45, 2.75) is 37.8 Å². The predicted molar refractivity (Wildman–Crippen MR) is 64.0 cm³/mol. The van der Waals surface area contributed by atoms with Gasteiger partial charge in [0, 0.05) is 12.1 Å². The monoisotopic (exact) mass is 236 g/mol. The molecular weight excluding hydrogens is 220 g/mol. The Hall–Kier alpha value is -1.62. The highest BCUT2D eigenvalue weighted by atomic mass is 16.6. The third-order valence-corrected chi connectivity index (χ3v) is 3.07. The molecule has 0 saturated heterocycles. The molecule has 5 nitrogen and oxygen atoms in total. The quantitative estimate of drug-likeness (QED) is 0.644. The molecule has 1 aromatic rings. The van der Waals surface area contributed by atoms with Gasteiger partial charge in [0.25, 0.3) is 5.69 Å². The van der Waals surface area contributed by atoms with E-state index in [4.69, 9.17) is 10.5 Å². The van der Waals surface area contributed by atoms with E-state index in [1.807, 2.05) is 0 Å². The van der Waals surface area contributed by atoms with Crippen LogP contribution in [0.2, 0.25) is 0 Å². The van der Waals surface area contributed by atoms with E-state index in [9.17, 15) is 10.1 Å². The first-order chi connectivity index (χ1) is 8.16. The molecule has 1 fully saturated rings.